The van der Waals surface area contributed by atoms with Crippen molar-refractivity contribution in [3.63, 3.8) is 0 Å². The Morgan fingerprint density at radius 1 is 1.00 bits per heavy atom. The van der Waals surface area contributed by atoms with Crippen LogP contribution in [-0.4, -0.2) is 78.9 Å². The fraction of sp³-hybridized carbons (Fsp3) is 0.800. The molecule has 1 saturated carbocycles. The third-order valence-electron chi connectivity index (χ3n) is 10.1. The van der Waals surface area contributed by atoms with Crippen LogP contribution < -0.4 is 0 Å². The van der Waals surface area contributed by atoms with Crippen molar-refractivity contribution in [1.29, 1.82) is 0 Å². The Balaban J connectivity index is 1.58. The second-order valence-corrected chi connectivity index (χ2v) is 24.5. The van der Waals surface area contributed by atoms with Crippen LogP contribution in [-0.2, 0) is 18.4 Å². The van der Waals surface area contributed by atoms with Crippen molar-refractivity contribution in [3.8, 4) is 0 Å². The average molecular weight is 604 g/mol. The van der Waals surface area contributed by atoms with E-state index in [1.807, 2.05) is 29.6 Å². The SMILES string of the molecule is CCN(CC)C(=O)[C@H]1C[C@@H]1c1ncnc2c1ncn2[C@H]1C[C@H](O[Si](C)(C)C(C)(C)C)[C@@H](CO[Si](C)(C)C(C)(C)C)O1. The lowest BCUT2D eigenvalue weighted by molar-refractivity contribution is -0.132. The molecule has 0 unspecified atom stereocenters. The van der Waals surface area contributed by atoms with Crippen LogP contribution in [0.1, 0.15) is 86.1 Å². The minimum absolute atomic E-state index is 0.0277. The summed E-state index contributed by atoms with van der Waals surface area (Å²) >= 11 is 0. The van der Waals surface area contributed by atoms with Gasteiger partial charge in [0.05, 0.1) is 24.7 Å². The van der Waals surface area contributed by atoms with Gasteiger partial charge >= 0.3 is 0 Å². The van der Waals surface area contributed by atoms with E-state index < -0.39 is 16.6 Å². The summed E-state index contributed by atoms with van der Waals surface area (Å²) in [5, 5.41) is 0.200. The number of nitrogens with zero attached hydrogens (tertiary/aromatic N) is 5. The first-order valence-electron chi connectivity index (χ1n) is 15.3. The van der Waals surface area contributed by atoms with Crippen LogP contribution in [0.3, 0.4) is 0 Å². The molecule has 1 aliphatic heterocycles. The topological polar surface area (TPSA) is 91.6 Å². The lowest BCUT2D eigenvalue weighted by Gasteiger charge is -2.40. The molecule has 2 aliphatic rings. The molecule has 1 saturated heterocycles. The van der Waals surface area contributed by atoms with Crippen LogP contribution in [0.25, 0.3) is 11.2 Å². The number of rotatable bonds is 10. The highest BCUT2D eigenvalue weighted by Crippen LogP contribution is 2.49. The number of imidazole rings is 1. The first-order chi connectivity index (χ1) is 18.9. The maximum atomic E-state index is 13.0. The fourth-order valence-electron chi connectivity index (χ4n) is 5.10. The molecule has 5 atom stereocenters. The Labute approximate surface area is 249 Å². The number of hydrogen-bond acceptors (Lipinski definition) is 7. The van der Waals surface area contributed by atoms with E-state index >= 15 is 0 Å². The van der Waals surface area contributed by atoms with Crippen LogP contribution in [0.4, 0.5) is 0 Å². The number of hydrogen-bond donors (Lipinski definition) is 0. The van der Waals surface area contributed by atoms with E-state index in [-0.39, 0.29) is 46.3 Å². The van der Waals surface area contributed by atoms with Crippen molar-refractivity contribution < 1.29 is 18.4 Å². The van der Waals surface area contributed by atoms with Gasteiger partial charge in [-0.1, -0.05) is 41.5 Å². The minimum Gasteiger partial charge on any atom is -0.414 e. The van der Waals surface area contributed by atoms with E-state index in [1.165, 1.54) is 0 Å². The molecule has 9 nitrogen and oxygen atoms in total. The predicted octanol–water partition coefficient (Wildman–Crippen LogP) is 6.50. The molecule has 3 heterocycles. The lowest BCUT2D eigenvalue weighted by atomic mass is 10.2. The molecule has 0 radical (unpaired) electrons. The summed E-state index contributed by atoms with van der Waals surface area (Å²) in [5.74, 6) is 0.266. The number of ether oxygens (including phenoxy) is 1. The molecule has 2 fully saturated rings. The minimum atomic E-state index is -2.05. The molecule has 0 bridgehead atoms. The van der Waals surface area contributed by atoms with Gasteiger partial charge in [0.2, 0.25) is 5.91 Å². The van der Waals surface area contributed by atoms with Crippen molar-refractivity contribution in [1.82, 2.24) is 24.4 Å². The second-order valence-electron chi connectivity index (χ2n) is 14.9. The normalized spacial score (nSPS) is 25.6. The van der Waals surface area contributed by atoms with Crippen molar-refractivity contribution in [2.45, 2.75) is 129 Å². The third-order valence-corrected chi connectivity index (χ3v) is 19.1. The van der Waals surface area contributed by atoms with E-state index in [2.05, 4.69) is 77.7 Å². The van der Waals surface area contributed by atoms with Gasteiger partial charge in [-0.3, -0.25) is 9.36 Å². The molecule has 0 N–H and O–H groups in total. The number of amides is 1. The van der Waals surface area contributed by atoms with E-state index in [1.54, 1.807) is 6.33 Å². The molecular weight excluding hydrogens is 551 g/mol. The first-order valence-corrected chi connectivity index (χ1v) is 21.2. The standard InChI is InChI=1S/C30H53N5O4Si2/c1-13-34(14-2)28(36)21-15-20(21)25-26-27(32-18-31-25)35(19-33-26)24-16-22(39-41(11,12)30(6,7)8)23(38-24)17-37-40(9,10)29(3,4)5/h18-24H,13-17H2,1-12H3/t20-,21-,22-,23+,24+/m0/s1. The molecule has 0 spiro atoms. The summed E-state index contributed by atoms with van der Waals surface area (Å²) in [5.41, 5.74) is 2.38. The first kappa shape index (κ1) is 32.3. The highest BCUT2D eigenvalue weighted by molar-refractivity contribution is 6.74. The van der Waals surface area contributed by atoms with E-state index in [0.29, 0.717) is 13.0 Å². The monoisotopic (exact) mass is 603 g/mol. The Morgan fingerprint density at radius 3 is 2.22 bits per heavy atom. The maximum Gasteiger partial charge on any atom is 0.226 e. The number of carbonyl (C=O) groups is 1. The lowest BCUT2D eigenvalue weighted by Crippen LogP contribution is -2.48. The smallest absolute Gasteiger partial charge is 0.226 e. The van der Waals surface area contributed by atoms with Gasteiger partial charge in [0.15, 0.2) is 22.3 Å². The van der Waals surface area contributed by atoms with Crippen molar-refractivity contribution in [3.05, 3.63) is 18.3 Å². The van der Waals surface area contributed by atoms with E-state index in [0.717, 1.165) is 36.4 Å². The Hall–Kier alpha value is -1.67. The highest BCUT2D eigenvalue weighted by atomic mass is 28.4. The quantitative estimate of drug-likeness (QED) is 0.286. The molecular formula is C30H53N5O4Si2. The number of aromatic nitrogens is 4. The van der Waals surface area contributed by atoms with Crippen LogP contribution in [0, 0.1) is 5.92 Å². The molecule has 1 amide bonds. The van der Waals surface area contributed by atoms with Crippen LogP contribution in [0.5, 0.6) is 0 Å². The largest absolute Gasteiger partial charge is 0.414 e. The summed E-state index contributed by atoms with van der Waals surface area (Å²) < 4.78 is 22.4. The third kappa shape index (κ3) is 6.49. The molecule has 2 aromatic heterocycles. The summed E-state index contributed by atoms with van der Waals surface area (Å²) in [7, 11) is -4.02. The summed E-state index contributed by atoms with van der Waals surface area (Å²) in [6.45, 7) is 28.7. The molecule has 4 rings (SSSR count). The van der Waals surface area contributed by atoms with Crippen molar-refractivity contribution >= 4 is 33.7 Å². The van der Waals surface area contributed by atoms with Gasteiger partial charge in [0.1, 0.15) is 24.2 Å². The van der Waals surface area contributed by atoms with Crippen molar-refractivity contribution in [2.24, 2.45) is 5.92 Å². The van der Waals surface area contributed by atoms with Gasteiger partial charge in [-0.25, -0.2) is 15.0 Å². The molecule has 0 aromatic carbocycles. The summed E-state index contributed by atoms with van der Waals surface area (Å²) in [6, 6.07) is 0. The Morgan fingerprint density at radius 2 is 1.63 bits per heavy atom. The van der Waals surface area contributed by atoms with Gasteiger partial charge in [-0.05, 0) is 56.5 Å². The highest BCUT2D eigenvalue weighted by Gasteiger charge is 2.49. The maximum absolute atomic E-state index is 13.0. The van der Waals surface area contributed by atoms with Crippen LogP contribution >= 0.6 is 0 Å². The Bertz CT molecular complexity index is 1230. The van der Waals surface area contributed by atoms with Gasteiger partial charge in [0.25, 0.3) is 0 Å². The number of fused-ring (bicyclic) bond motifs is 1. The van der Waals surface area contributed by atoms with Gasteiger partial charge in [-0.15, -0.1) is 0 Å². The predicted molar refractivity (Wildman–Crippen MR) is 168 cm³/mol. The summed E-state index contributed by atoms with van der Waals surface area (Å²) in [4.78, 5) is 28.9. The molecule has 11 heteroatoms. The van der Waals surface area contributed by atoms with Crippen LogP contribution in [0.15, 0.2) is 12.7 Å². The Kier molecular flexibility index (Phi) is 9.00. The zero-order valence-corrected chi connectivity index (χ0v) is 29.4. The zero-order valence-electron chi connectivity index (χ0n) is 27.4. The molecule has 230 valence electrons. The fourth-order valence-corrected chi connectivity index (χ4v) is 7.47. The van der Waals surface area contributed by atoms with Gasteiger partial charge < -0.3 is 18.5 Å². The average Bonchev–Trinajstić information content (AvgIpc) is 3.38. The zero-order chi connectivity index (χ0) is 30.5. The molecule has 1 aliphatic carbocycles. The van der Waals surface area contributed by atoms with E-state index in [9.17, 15) is 4.79 Å². The molecule has 2 aromatic rings. The van der Waals surface area contributed by atoms with Gasteiger partial charge in [0, 0.05) is 31.3 Å². The number of carbonyl (C=O) groups excluding carboxylic acids is 1. The summed E-state index contributed by atoms with van der Waals surface area (Å²) in [6.07, 6.45) is 4.41. The molecule has 41 heavy (non-hydrogen) atoms. The van der Waals surface area contributed by atoms with E-state index in [4.69, 9.17) is 18.6 Å². The van der Waals surface area contributed by atoms with Gasteiger partial charge in [-0.2, -0.15) is 0 Å². The van der Waals surface area contributed by atoms with Crippen molar-refractivity contribution in [2.75, 3.05) is 19.7 Å². The second kappa shape index (κ2) is 11.4. The van der Waals surface area contributed by atoms with Crippen LogP contribution in [0.2, 0.25) is 36.3 Å².